The summed E-state index contributed by atoms with van der Waals surface area (Å²) in [6, 6.07) is 8.27. The molecule has 1 N–H and O–H groups in total. The molecule has 1 aromatic carbocycles. The summed E-state index contributed by atoms with van der Waals surface area (Å²) in [6.07, 6.45) is 3.19. The predicted molar refractivity (Wildman–Crippen MR) is 84.0 cm³/mol. The molecule has 0 unspecified atom stereocenters. The fraction of sp³-hybridized carbons (Fsp3) is 0.125. The minimum atomic E-state index is -0.490. The summed E-state index contributed by atoms with van der Waals surface area (Å²) in [6.45, 7) is 1.99. The first-order chi connectivity index (χ1) is 11.2. The van der Waals surface area contributed by atoms with E-state index in [-0.39, 0.29) is 18.0 Å². The van der Waals surface area contributed by atoms with Gasteiger partial charge in [0, 0.05) is 17.6 Å². The van der Waals surface area contributed by atoms with Gasteiger partial charge in [0.1, 0.15) is 22.9 Å². The number of nitroso groups, excluding NO2 is 1. The number of carbonyl (C=O) groups is 1. The van der Waals surface area contributed by atoms with Gasteiger partial charge in [0.2, 0.25) is 0 Å². The van der Waals surface area contributed by atoms with Gasteiger partial charge in [-0.15, -0.1) is 4.91 Å². The third-order valence-electron chi connectivity index (χ3n) is 3.14. The van der Waals surface area contributed by atoms with Crippen LogP contribution in [0.5, 0.6) is 11.5 Å². The van der Waals surface area contributed by atoms with Crippen LogP contribution in [0.2, 0.25) is 0 Å². The summed E-state index contributed by atoms with van der Waals surface area (Å²) in [4.78, 5) is 29.7. The van der Waals surface area contributed by atoms with E-state index in [4.69, 9.17) is 9.47 Å². The van der Waals surface area contributed by atoms with Gasteiger partial charge in [-0.3, -0.25) is 4.98 Å². The molecule has 0 aliphatic heterocycles. The van der Waals surface area contributed by atoms with Crippen LogP contribution in [0, 0.1) is 4.91 Å². The Bertz CT molecular complexity index is 858. The molecule has 0 atom stereocenters. The first-order valence-corrected chi connectivity index (χ1v) is 6.96. The van der Waals surface area contributed by atoms with Crippen molar-refractivity contribution in [1.29, 1.82) is 0 Å². The number of nitrogens with zero attached hydrogens (tertiary/aromatic N) is 2. The Hall–Kier alpha value is -3.22. The lowest BCUT2D eigenvalue weighted by atomic mass is 10.2. The van der Waals surface area contributed by atoms with Crippen LogP contribution in [0.25, 0.3) is 10.9 Å². The van der Waals surface area contributed by atoms with Crippen LogP contribution < -0.4 is 4.74 Å². The maximum atomic E-state index is 11.8. The molecule has 7 heteroatoms. The van der Waals surface area contributed by atoms with E-state index in [1.807, 2.05) is 0 Å². The summed E-state index contributed by atoms with van der Waals surface area (Å²) in [5, 5.41) is 3.62. The molecule has 3 rings (SSSR count). The zero-order chi connectivity index (χ0) is 16.2. The molecule has 2 aromatic heterocycles. The van der Waals surface area contributed by atoms with Crippen molar-refractivity contribution in [2.24, 2.45) is 5.18 Å². The normalized spacial score (nSPS) is 10.5. The van der Waals surface area contributed by atoms with Crippen molar-refractivity contribution in [2.45, 2.75) is 6.92 Å². The number of nitrogens with one attached hydrogen (secondary N) is 1. The van der Waals surface area contributed by atoms with Gasteiger partial charge in [0.15, 0.2) is 0 Å². The summed E-state index contributed by atoms with van der Waals surface area (Å²) in [5.41, 5.74) is 0.865. The zero-order valence-electron chi connectivity index (χ0n) is 12.3. The quantitative estimate of drug-likeness (QED) is 0.569. The van der Waals surface area contributed by atoms with Crippen molar-refractivity contribution in [3.8, 4) is 11.5 Å². The molecule has 0 spiro atoms. The number of ether oxygens (including phenoxy) is 2. The Kier molecular flexibility index (Phi) is 4.01. The molecule has 0 amide bonds. The van der Waals surface area contributed by atoms with E-state index >= 15 is 0 Å². The molecule has 0 fully saturated rings. The second-order valence-electron chi connectivity index (χ2n) is 4.69. The van der Waals surface area contributed by atoms with Crippen LogP contribution in [0.15, 0.2) is 47.9 Å². The largest absolute Gasteiger partial charge is 0.461 e. The number of aromatic nitrogens is 2. The van der Waals surface area contributed by atoms with Gasteiger partial charge in [-0.1, -0.05) is 0 Å². The van der Waals surface area contributed by atoms with E-state index < -0.39 is 5.97 Å². The van der Waals surface area contributed by atoms with Crippen molar-refractivity contribution < 1.29 is 14.3 Å². The van der Waals surface area contributed by atoms with Gasteiger partial charge >= 0.3 is 5.97 Å². The van der Waals surface area contributed by atoms with Crippen LogP contribution in [0.1, 0.15) is 17.4 Å². The molecule has 116 valence electrons. The van der Waals surface area contributed by atoms with Gasteiger partial charge in [-0.25, -0.2) is 4.79 Å². The highest BCUT2D eigenvalue weighted by Gasteiger charge is 2.15. The minimum Gasteiger partial charge on any atom is -0.461 e. The third kappa shape index (κ3) is 3.03. The van der Waals surface area contributed by atoms with Crippen LogP contribution >= 0.6 is 0 Å². The lowest BCUT2D eigenvalue weighted by Gasteiger charge is -2.05. The maximum absolute atomic E-state index is 11.8. The van der Waals surface area contributed by atoms with Crippen molar-refractivity contribution in [1.82, 2.24) is 9.97 Å². The lowest BCUT2D eigenvalue weighted by molar-refractivity contribution is 0.0520. The number of fused-ring (bicyclic) bond motifs is 1. The number of hydrogen-bond donors (Lipinski definition) is 1. The number of benzene rings is 1. The molecule has 0 aliphatic rings. The van der Waals surface area contributed by atoms with Gasteiger partial charge in [0.25, 0.3) is 0 Å². The Morgan fingerprint density at radius 1 is 1.30 bits per heavy atom. The predicted octanol–water partition coefficient (Wildman–Crippen LogP) is 3.93. The Labute approximate surface area is 131 Å². The third-order valence-corrected chi connectivity index (χ3v) is 3.14. The van der Waals surface area contributed by atoms with Crippen molar-refractivity contribution in [2.75, 3.05) is 6.61 Å². The topological polar surface area (TPSA) is 93.6 Å². The number of esters is 1. The number of H-pyrrole nitrogens is 1. The second-order valence-corrected chi connectivity index (χ2v) is 4.69. The number of carbonyl (C=O) groups excluding carboxylic acids is 1. The summed E-state index contributed by atoms with van der Waals surface area (Å²) >= 11 is 0. The summed E-state index contributed by atoms with van der Waals surface area (Å²) < 4.78 is 10.6. The van der Waals surface area contributed by atoms with E-state index in [1.165, 1.54) is 6.07 Å². The molecule has 0 radical (unpaired) electrons. The van der Waals surface area contributed by atoms with E-state index in [0.717, 1.165) is 0 Å². The fourth-order valence-electron chi connectivity index (χ4n) is 2.19. The highest BCUT2D eigenvalue weighted by Crippen LogP contribution is 2.33. The smallest absolute Gasteiger partial charge is 0.354 e. The second kappa shape index (κ2) is 6.27. The molecule has 0 bridgehead atoms. The first-order valence-electron chi connectivity index (χ1n) is 6.96. The summed E-state index contributed by atoms with van der Waals surface area (Å²) in [7, 11) is 0. The zero-order valence-corrected chi connectivity index (χ0v) is 12.3. The van der Waals surface area contributed by atoms with Crippen LogP contribution in [0.4, 0.5) is 5.69 Å². The SMILES string of the molecule is CCOC(=O)c1cc2cc(Oc3cccnc3)cc(N=O)c2[nH]1. The standard InChI is InChI=1S/C16H13N3O4/c1-2-22-16(20)14-7-10-6-12(8-13(19-21)15(10)18-14)23-11-4-3-5-17-9-11/h3-9,18H,2H2,1H3. The molecule has 23 heavy (non-hydrogen) atoms. The van der Waals surface area contributed by atoms with Gasteiger partial charge < -0.3 is 14.5 Å². The average molecular weight is 311 g/mol. The van der Waals surface area contributed by atoms with Crippen LogP contribution in [0.3, 0.4) is 0 Å². The maximum Gasteiger partial charge on any atom is 0.354 e. The van der Waals surface area contributed by atoms with Crippen molar-refractivity contribution in [3.63, 3.8) is 0 Å². The molecule has 0 aliphatic carbocycles. The molecule has 0 saturated heterocycles. The highest BCUT2D eigenvalue weighted by molar-refractivity contribution is 5.99. The summed E-state index contributed by atoms with van der Waals surface area (Å²) in [5.74, 6) is 0.467. The van der Waals surface area contributed by atoms with Gasteiger partial charge in [-0.2, -0.15) is 0 Å². The fourth-order valence-corrected chi connectivity index (χ4v) is 2.19. The Morgan fingerprint density at radius 2 is 2.17 bits per heavy atom. The van der Waals surface area contributed by atoms with Gasteiger partial charge in [0.05, 0.1) is 18.3 Å². The van der Waals surface area contributed by atoms with Crippen molar-refractivity contribution in [3.05, 3.63) is 53.3 Å². The first kappa shape index (κ1) is 14.7. The monoisotopic (exact) mass is 311 g/mol. The number of rotatable bonds is 5. The van der Waals surface area contributed by atoms with E-state index in [0.29, 0.717) is 22.4 Å². The molecule has 0 saturated carbocycles. The molecular formula is C16H13N3O4. The Morgan fingerprint density at radius 3 is 2.87 bits per heavy atom. The highest BCUT2D eigenvalue weighted by atomic mass is 16.5. The van der Waals surface area contributed by atoms with E-state index in [1.54, 1.807) is 43.6 Å². The van der Waals surface area contributed by atoms with Crippen LogP contribution in [-0.2, 0) is 4.74 Å². The lowest BCUT2D eigenvalue weighted by Crippen LogP contribution is -2.04. The van der Waals surface area contributed by atoms with Crippen LogP contribution in [-0.4, -0.2) is 22.5 Å². The van der Waals surface area contributed by atoms with Gasteiger partial charge in [-0.05, 0) is 36.4 Å². The Balaban J connectivity index is 2.01. The molecule has 2 heterocycles. The number of aromatic amines is 1. The molecular weight excluding hydrogens is 298 g/mol. The average Bonchev–Trinajstić information content (AvgIpc) is 2.99. The number of hydrogen-bond acceptors (Lipinski definition) is 6. The molecule has 7 nitrogen and oxygen atoms in total. The van der Waals surface area contributed by atoms with E-state index in [2.05, 4.69) is 15.1 Å². The van der Waals surface area contributed by atoms with E-state index in [9.17, 15) is 9.70 Å². The van der Waals surface area contributed by atoms with Crippen molar-refractivity contribution >= 4 is 22.6 Å². The molecule has 3 aromatic rings. The minimum absolute atomic E-state index is 0.150. The number of pyridine rings is 1.